The maximum Gasteiger partial charge on any atom is 0.397 e. The van der Waals surface area contributed by atoms with Gasteiger partial charge in [0.15, 0.2) is 6.29 Å². The predicted octanol–water partition coefficient (Wildman–Crippen LogP) is 6.66. The van der Waals surface area contributed by atoms with Crippen LogP contribution >= 0.6 is 0 Å². The molecule has 1 rings (SSSR count). The fraction of sp³-hybridized carbons (Fsp3) is 0.974. The van der Waals surface area contributed by atoms with E-state index in [0.717, 1.165) is 51.4 Å². The monoisotopic (exact) mass is 754 g/mol. The summed E-state index contributed by atoms with van der Waals surface area (Å²) in [6.07, 6.45) is 19.7. The number of hydrogen-bond acceptors (Lipinski definition) is 10. The molecule has 304 valence electrons. The highest BCUT2D eigenvalue weighted by molar-refractivity contribution is 7.80. The van der Waals surface area contributed by atoms with Crippen LogP contribution in [0.15, 0.2) is 0 Å². The van der Waals surface area contributed by atoms with Crippen molar-refractivity contribution in [3.05, 3.63) is 0 Å². The number of carbonyl (C=O) groups is 1. The van der Waals surface area contributed by atoms with E-state index in [1.807, 2.05) is 0 Å². The van der Waals surface area contributed by atoms with E-state index in [2.05, 4.69) is 23.3 Å². The zero-order valence-corrected chi connectivity index (χ0v) is 32.8. The van der Waals surface area contributed by atoms with Crippen molar-refractivity contribution in [2.24, 2.45) is 0 Å². The van der Waals surface area contributed by atoms with Gasteiger partial charge in [0.05, 0.1) is 25.4 Å². The van der Waals surface area contributed by atoms with Crippen molar-refractivity contribution in [2.75, 3.05) is 13.2 Å². The first kappa shape index (κ1) is 48.1. The number of ether oxygens (including phenoxy) is 2. The van der Waals surface area contributed by atoms with Crippen LogP contribution in [0.3, 0.4) is 0 Å². The van der Waals surface area contributed by atoms with E-state index >= 15 is 0 Å². The first-order chi connectivity index (χ1) is 24.5. The third-order valence-corrected chi connectivity index (χ3v) is 10.4. The van der Waals surface area contributed by atoms with E-state index in [1.165, 1.54) is 103 Å². The van der Waals surface area contributed by atoms with Gasteiger partial charge in [0, 0.05) is 6.42 Å². The molecule has 0 bridgehead atoms. The van der Waals surface area contributed by atoms with Crippen molar-refractivity contribution in [1.29, 1.82) is 0 Å². The van der Waals surface area contributed by atoms with Gasteiger partial charge in [-0.3, -0.25) is 9.35 Å². The quantitative estimate of drug-likeness (QED) is 0.0304. The molecule has 0 spiro atoms. The number of aliphatic hydroxyl groups is 4. The zero-order chi connectivity index (χ0) is 37.7. The molecule has 12 nitrogen and oxygen atoms in total. The zero-order valence-electron chi connectivity index (χ0n) is 31.9. The molecule has 0 saturated carbocycles. The van der Waals surface area contributed by atoms with Crippen molar-refractivity contribution in [3.63, 3.8) is 0 Å². The molecule has 1 heterocycles. The van der Waals surface area contributed by atoms with E-state index in [-0.39, 0.29) is 12.5 Å². The molecule has 0 aromatic rings. The molecule has 0 aromatic carbocycles. The molecule has 1 fully saturated rings. The normalized spacial score (nSPS) is 22.2. The Kier molecular flexibility index (Phi) is 28.7. The topological polar surface area (TPSA) is 192 Å². The van der Waals surface area contributed by atoms with Crippen LogP contribution < -0.4 is 5.32 Å². The second-order valence-corrected chi connectivity index (χ2v) is 15.6. The summed E-state index contributed by atoms with van der Waals surface area (Å²) < 4.78 is 47.4. The first-order valence-corrected chi connectivity index (χ1v) is 21.8. The summed E-state index contributed by atoms with van der Waals surface area (Å²) in [5.74, 6) is -0.231. The van der Waals surface area contributed by atoms with Crippen LogP contribution in [0.5, 0.6) is 0 Å². The lowest BCUT2D eigenvalue weighted by Gasteiger charge is -2.41. The minimum atomic E-state index is -5.07. The van der Waals surface area contributed by atoms with Crippen molar-refractivity contribution in [3.8, 4) is 0 Å². The lowest BCUT2D eigenvalue weighted by Crippen LogP contribution is -2.61. The smallest absolute Gasteiger partial charge is 0.394 e. The van der Waals surface area contributed by atoms with Gasteiger partial charge < -0.3 is 35.2 Å². The van der Waals surface area contributed by atoms with Crippen LogP contribution in [0.1, 0.15) is 181 Å². The number of aliphatic hydroxyl groups excluding tert-OH is 4. The number of unbranched alkanes of at least 4 members (excludes halogenated alkanes) is 22. The van der Waals surface area contributed by atoms with Gasteiger partial charge >= 0.3 is 10.4 Å². The van der Waals surface area contributed by atoms with E-state index in [9.17, 15) is 33.6 Å². The lowest BCUT2D eigenvalue weighted by atomic mass is 9.99. The molecule has 1 aliphatic rings. The van der Waals surface area contributed by atoms with Gasteiger partial charge in [-0.15, -0.1) is 0 Å². The van der Waals surface area contributed by atoms with Gasteiger partial charge in [-0.25, -0.2) is 4.18 Å². The van der Waals surface area contributed by atoms with Crippen LogP contribution in [0.25, 0.3) is 0 Å². The SMILES string of the molecule is CCCCCCCCCCCCCCCC(O)C(COC1OC(CO)C(O)C(OS(=O)(=O)O)C1O)NC(=O)CCCCCCCCCCCCC. The van der Waals surface area contributed by atoms with Gasteiger partial charge in [-0.05, 0) is 12.8 Å². The average Bonchev–Trinajstić information content (AvgIpc) is 3.09. The summed E-state index contributed by atoms with van der Waals surface area (Å²) in [5.41, 5.74) is 0. The first-order valence-electron chi connectivity index (χ1n) is 20.4. The molecule has 0 aromatic heterocycles. The molecular formula is C38H75NO11S. The third kappa shape index (κ3) is 24.2. The Labute approximate surface area is 309 Å². The number of amides is 1. The summed E-state index contributed by atoms with van der Waals surface area (Å²) in [4.78, 5) is 12.9. The van der Waals surface area contributed by atoms with Gasteiger partial charge in [-0.2, -0.15) is 8.42 Å². The maximum absolute atomic E-state index is 12.9. The summed E-state index contributed by atoms with van der Waals surface area (Å²) in [6, 6.07) is -0.848. The Morgan fingerprint density at radius 2 is 1.14 bits per heavy atom. The molecule has 0 aliphatic carbocycles. The second kappa shape index (κ2) is 30.4. The fourth-order valence-electron chi connectivity index (χ4n) is 6.69. The summed E-state index contributed by atoms with van der Waals surface area (Å²) in [6.45, 7) is 3.41. The molecule has 7 atom stereocenters. The molecule has 1 saturated heterocycles. The third-order valence-electron chi connectivity index (χ3n) is 9.92. The second-order valence-electron chi connectivity index (χ2n) is 14.6. The Bertz CT molecular complexity index is 941. The molecule has 7 unspecified atom stereocenters. The van der Waals surface area contributed by atoms with E-state index in [1.54, 1.807) is 0 Å². The number of carbonyl (C=O) groups excluding carboxylic acids is 1. The maximum atomic E-state index is 12.9. The van der Waals surface area contributed by atoms with E-state index in [4.69, 9.17) is 14.0 Å². The van der Waals surface area contributed by atoms with E-state index < -0.39 is 59.9 Å². The van der Waals surface area contributed by atoms with Crippen LogP contribution in [-0.2, 0) is 28.9 Å². The standard InChI is InChI=1S/C38H75NO11S/c1-3-5-7-9-11-13-15-16-18-19-21-23-25-27-32(41)31(39-34(42)28-26-24-22-20-17-14-12-10-8-6-4-2)30-48-38-36(44)37(50-51(45,46)47)35(43)33(29-40)49-38/h31-33,35-38,40-41,43-44H,3-30H2,1-2H3,(H,39,42)(H,45,46,47). The molecule has 51 heavy (non-hydrogen) atoms. The van der Waals surface area contributed by atoms with E-state index in [0.29, 0.717) is 12.8 Å². The number of hydrogen-bond donors (Lipinski definition) is 6. The predicted molar refractivity (Wildman–Crippen MR) is 199 cm³/mol. The Morgan fingerprint density at radius 3 is 1.57 bits per heavy atom. The molecule has 1 amide bonds. The summed E-state index contributed by atoms with van der Waals surface area (Å²) in [5, 5.41) is 44.6. The van der Waals surface area contributed by atoms with Crippen LogP contribution in [0.2, 0.25) is 0 Å². The highest BCUT2D eigenvalue weighted by Crippen LogP contribution is 2.26. The van der Waals surface area contributed by atoms with Gasteiger partial charge in [0.2, 0.25) is 5.91 Å². The van der Waals surface area contributed by atoms with Crippen LogP contribution in [0.4, 0.5) is 0 Å². The Hall–Kier alpha value is -0.900. The average molecular weight is 754 g/mol. The minimum absolute atomic E-state index is 0.231. The molecule has 1 aliphatic heterocycles. The van der Waals surface area contributed by atoms with Crippen molar-refractivity contribution in [2.45, 2.75) is 224 Å². The minimum Gasteiger partial charge on any atom is -0.394 e. The number of rotatable bonds is 34. The summed E-state index contributed by atoms with van der Waals surface area (Å²) in [7, 11) is -5.07. The lowest BCUT2D eigenvalue weighted by molar-refractivity contribution is -0.298. The Balaban J connectivity index is 2.58. The highest BCUT2D eigenvalue weighted by atomic mass is 32.3. The van der Waals surface area contributed by atoms with Crippen LogP contribution in [0, 0.1) is 0 Å². The van der Waals surface area contributed by atoms with Gasteiger partial charge in [0.25, 0.3) is 0 Å². The fourth-order valence-corrected chi connectivity index (χ4v) is 7.20. The summed E-state index contributed by atoms with van der Waals surface area (Å²) >= 11 is 0. The van der Waals surface area contributed by atoms with Crippen molar-refractivity contribution >= 4 is 16.3 Å². The molecule has 6 N–H and O–H groups in total. The number of nitrogens with one attached hydrogen (secondary N) is 1. The Morgan fingerprint density at radius 1 is 0.706 bits per heavy atom. The van der Waals surface area contributed by atoms with Gasteiger partial charge in [-0.1, -0.05) is 162 Å². The van der Waals surface area contributed by atoms with Crippen LogP contribution in [-0.4, -0.2) is 95.4 Å². The van der Waals surface area contributed by atoms with Crippen molar-refractivity contribution in [1.82, 2.24) is 5.32 Å². The largest absolute Gasteiger partial charge is 0.397 e. The molecule has 0 radical (unpaired) electrons. The highest BCUT2D eigenvalue weighted by Gasteiger charge is 2.48. The van der Waals surface area contributed by atoms with Gasteiger partial charge in [0.1, 0.15) is 24.4 Å². The molecule has 13 heteroatoms. The molecular weight excluding hydrogens is 678 g/mol. The van der Waals surface area contributed by atoms with Crippen molar-refractivity contribution < 1.29 is 51.8 Å².